The van der Waals surface area contributed by atoms with Crippen LogP contribution >= 0.6 is 0 Å². The van der Waals surface area contributed by atoms with Gasteiger partial charge in [0.15, 0.2) is 0 Å². The third-order valence-corrected chi connectivity index (χ3v) is 2.51. The molecular weight excluding hydrogens is 181 g/mol. The molecule has 0 bridgehead atoms. The summed E-state index contributed by atoms with van der Waals surface area (Å²) in [6.45, 7) is 4.87. The number of nitrogens with one attached hydrogen (secondary N) is 1. The fourth-order valence-electron chi connectivity index (χ4n) is 1.51. The number of hydrogen-bond donors (Lipinski definition) is 1. The van der Waals surface area contributed by atoms with Crippen LogP contribution in [0.15, 0.2) is 18.2 Å². The van der Waals surface area contributed by atoms with Gasteiger partial charge in [-0.1, -0.05) is 13.8 Å². The smallest absolute Gasteiger partial charge is 0.145 e. The SMILES string of the molecule is CC(C)C1COc2cc(F)ccc2N1. The van der Waals surface area contributed by atoms with E-state index in [2.05, 4.69) is 19.2 Å². The molecule has 0 amide bonds. The van der Waals surface area contributed by atoms with Gasteiger partial charge >= 0.3 is 0 Å². The van der Waals surface area contributed by atoms with E-state index in [0.29, 0.717) is 24.3 Å². The normalized spacial score (nSPS) is 19.9. The minimum absolute atomic E-state index is 0.256. The molecule has 2 rings (SSSR count). The summed E-state index contributed by atoms with van der Waals surface area (Å²) >= 11 is 0. The van der Waals surface area contributed by atoms with Crippen LogP contribution in [-0.2, 0) is 0 Å². The highest BCUT2D eigenvalue weighted by molar-refractivity contribution is 5.58. The van der Waals surface area contributed by atoms with E-state index in [0.717, 1.165) is 5.69 Å². The second-order valence-corrected chi connectivity index (χ2v) is 3.95. The first kappa shape index (κ1) is 9.31. The first-order chi connectivity index (χ1) is 6.66. The molecule has 0 aromatic heterocycles. The van der Waals surface area contributed by atoms with Crippen molar-refractivity contribution in [1.82, 2.24) is 0 Å². The van der Waals surface area contributed by atoms with Gasteiger partial charge in [-0.2, -0.15) is 0 Å². The maximum absolute atomic E-state index is 12.8. The van der Waals surface area contributed by atoms with Crippen LogP contribution in [0.3, 0.4) is 0 Å². The van der Waals surface area contributed by atoms with E-state index in [4.69, 9.17) is 4.74 Å². The van der Waals surface area contributed by atoms with Crippen LogP contribution in [-0.4, -0.2) is 12.6 Å². The van der Waals surface area contributed by atoms with Crippen molar-refractivity contribution < 1.29 is 9.13 Å². The van der Waals surface area contributed by atoms with E-state index < -0.39 is 0 Å². The van der Waals surface area contributed by atoms with Crippen LogP contribution in [0.5, 0.6) is 5.75 Å². The van der Waals surface area contributed by atoms with Gasteiger partial charge in [-0.25, -0.2) is 4.39 Å². The van der Waals surface area contributed by atoms with E-state index in [-0.39, 0.29) is 5.82 Å². The highest BCUT2D eigenvalue weighted by Crippen LogP contribution is 2.30. The fourth-order valence-corrected chi connectivity index (χ4v) is 1.51. The summed E-state index contributed by atoms with van der Waals surface area (Å²) < 4.78 is 18.3. The van der Waals surface area contributed by atoms with Crippen LogP contribution in [0.4, 0.5) is 10.1 Å². The average molecular weight is 195 g/mol. The van der Waals surface area contributed by atoms with Gasteiger partial charge in [0.05, 0.1) is 11.7 Å². The van der Waals surface area contributed by atoms with E-state index in [1.165, 1.54) is 12.1 Å². The highest BCUT2D eigenvalue weighted by atomic mass is 19.1. The maximum atomic E-state index is 12.8. The lowest BCUT2D eigenvalue weighted by Gasteiger charge is -2.29. The van der Waals surface area contributed by atoms with Crippen molar-refractivity contribution in [2.45, 2.75) is 19.9 Å². The first-order valence-corrected chi connectivity index (χ1v) is 4.85. The number of ether oxygens (including phenoxy) is 1. The second kappa shape index (κ2) is 3.48. The molecule has 1 N–H and O–H groups in total. The van der Waals surface area contributed by atoms with Crippen molar-refractivity contribution in [2.75, 3.05) is 11.9 Å². The molecule has 76 valence electrons. The van der Waals surface area contributed by atoms with Gasteiger partial charge in [0.1, 0.15) is 18.2 Å². The zero-order chi connectivity index (χ0) is 10.1. The summed E-state index contributed by atoms with van der Waals surface area (Å²) in [5, 5.41) is 3.33. The molecule has 0 spiro atoms. The van der Waals surface area contributed by atoms with Gasteiger partial charge in [0, 0.05) is 6.07 Å². The molecule has 1 aliphatic rings. The van der Waals surface area contributed by atoms with Gasteiger partial charge in [0.25, 0.3) is 0 Å². The van der Waals surface area contributed by atoms with Crippen molar-refractivity contribution in [3.05, 3.63) is 24.0 Å². The second-order valence-electron chi connectivity index (χ2n) is 3.95. The number of benzene rings is 1. The number of halogens is 1. The van der Waals surface area contributed by atoms with Gasteiger partial charge in [-0.3, -0.25) is 0 Å². The Morgan fingerprint density at radius 2 is 2.29 bits per heavy atom. The molecule has 0 saturated heterocycles. The van der Waals surface area contributed by atoms with E-state index in [1.54, 1.807) is 6.07 Å². The molecule has 2 nitrogen and oxygen atoms in total. The number of rotatable bonds is 1. The molecular formula is C11H14FNO. The Morgan fingerprint density at radius 3 is 3.00 bits per heavy atom. The van der Waals surface area contributed by atoms with Crippen molar-refractivity contribution >= 4 is 5.69 Å². The van der Waals surface area contributed by atoms with Crippen molar-refractivity contribution in [1.29, 1.82) is 0 Å². The highest BCUT2D eigenvalue weighted by Gasteiger charge is 2.21. The average Bonchev–Trinajstić information content (AvgIpc) is 2.16. The molecule has 1 atom stereocenters. The molecule has 14 heavy (non-hydrogen) atoms. The predicted octanol–water partition coefficient (Wildman–Crippen LogP) is 2.65. The molecule has 0 saturated carbocycles. The van der Waals surface area contributed by atoms with Crippen molar-refractivity contribution in [2.24, 2.45) is 5.92 Å². The minimum atomic E-state index is -0.256. The molecule has 0 aliphatic carbocycles. The van der Waals surface area contributed by atoms with Crippen LogP contribution in [0, 0.1) is 11.7 Å². The Kier molecular flexibility index (Phi) is 2.32. The first-order valence-electron chi connectivity index (χ1n) is 4.85. The molecule has 0 fully saturated rings. The Hall–Kier alpha value is -1.25. The van der Waals surface area contributed by atoms with Gasteiger partial charge < -0.3 is 10.1 Å². The third kappa shape index (κ3) is 1.67. The molecule has 3 heteroatoms. The van der Waals surface area contributed by atoms with Crippen LogP contribution in [0.2, 0.25) is 0 Å². The fraction of sp³-hybridized carbons (Fsp3) is 0.455. The predicted molar refractivity (Wildman–Crippen MR) is 54.1 cm³/mol. The van der Waals surface area contributed by atoms with E-state index in [9.17, 15) is 4.39 Å². The van der Waals surface area contributed by atoms with Gasteiger partial charge in [0.2, 0.25) is 0 Å². The molecule has 0 radical (unpaired) electrons. The van der Waals surface area contributed by atoms with Gasteiger partial charge in [-0.05, 0) is 18.1 Å². The minimum Gasteiger partial charge on any atom is -0.489 e. The topological polar surface area (TPSA) is 21.3 Å². The van der Waals surface area contributed by atoms with Crippen molar-refractivity contribution in [3.8, 4) is 5.75 Å². The number of anilines is 1. The quantitative estimate of drug-likeness (QED) is 0.743. The van der Waals surface area contributed by atoms with Crippen LogP contribution in [0.25, 0.3) is 0 Å². The summed E-state index contributed by atoms with van der Waals surface area (Å²) in [5.41, 5.74) is 0.886. The summed E-state index contributed by atoms with van der Waals surface area (Å²) in [4.78, 5) is 0. The summed E-state index contributed by atoms with van der Waals surface area (Å²) in [6.07, 6.45) is 0. The standard InChI is InChI=1S/C11H14FNO/c1-7(2)10-6-14-11-5-8(12)3-4-9(11)13-10/h3-5,7,10,13H,6H2,1-2H3. The lowest BCUT2D eigenvalue weighted by atomic mass is 10.0. The summed E-state index contributed by atoms with van der Waals surface area (Å²) in [7, 11) is 0. The monoisotopic (exact) mass is 195 g/mol. The molecule has 1 unspecified atom stereocenters. The zero-order valence-electron chi connectivity index (χ0n) is 8.38. The molecule has 1 aromatic carbocycles. The lowest BCUT2D eigenvalue weighted by Crippen LogP contribution is -2.35. The molecule has 1 aromatic rings. The van der Waals surface area contributed by atoms with Gasteiger partial charge in [-0.15, -0.1) is 0 Å². The zero-order valence-corrected chi connectivity index (χ0v) is 8.38. The third-order valence-electron chi connectivity index (χ3n) is 2.51. The summed E-state index contributed by atoms with van der Waals surface area (Å²) in [5.74, 6) is 0.864. The van der Waals surface area contributed by atoms with Crippen LogP contribution in [0.1, 0.15) is 13.8 Å². The largest absolute Gasteiger partial charge is 0.489 e. The Labute approximate surface area is 83.1 Å². The van der Waals surface area contributed by atoms with E-state index in [1.807, 2.05) is 0 Å². The number of fused-ring (bicyclic) bond motifs is 1. The van der Waals surface area contributed by atoms with Crippen molar-refractivity contribution in [3.63, 3.8) is 0 Å². The number of hydrogen-bond acceptors (Lipinski definition) is 2. The van der Waals surface area contributed by atoms with Crippen LogP contribution < -0.4 is 10.1 Å². The summed E-state index contributed by atoms with van der Waals surface area (Å²) in [6, 6.07) is 4.89. The lowest BCUT2D eigenvalue weighted by molar-refractivity contribution is 0.256. The Bertz CT molecular complexity index is 338. The molecule has 1 aliphatic heterocycles. The Morgan fingerprint density at radius 1 is 1.50 bits per heavy atom. The molecule has 1 heterocycles. The van der Waals surface area contributed by atoms with E-state index >= 15 is 0 Å². The Balaban J connectivity index is 2.23. The maximum Gasteiger partial charge on any atom is 0.145 e.